The third-order valence-corrected chi connectivity index (χ3v) is 2.29. The average Bonchev–Trinajstić information content (AvgIpc) is 2.38. The maximum atomic E-state index is 11.3. The first-order chi connectivity index (χ1) is 9.06. The van der Waals surface area contributed by atoms with Crippen LogP contribution in [0.3, 0.4) is 0 Å². The van der Waals surface area contributed by atoms with Crippen molar-refractivity contribution in [3.8, 4) is 0 Å². The Hall–Kier alpha value is -2.97. The van der Waals surface area contributed by atoms with Crippen molar-refractivity contribution in [1.82, 2.24) is 15.2 Å². The second-order valence-corrected chi connectivity index (χ2v) is 3.64. The van der Waals surface area contributed by atoms with Gasteiger partial charge in [0.25, 0.3) is 11.2 Å². The van der Waals surface area contributed by atoms with E-state index in [0.717, 1.165) is 0 Å². The van der Waals surface area contributed by atoms with Crippen molar-refractivity contribution >= 4 is 11.5 Å². The Morgan fingerprint density at radius 2 is 2.16 bits per heavy atom. The summed E-state index contributed by atoms with van der Waals surface area (Å²) in [4.78, 5) is 34.2. The van der Waals surface area contributed by atoms with Crippen LogP contribution in [0.4, 0.5) is 11.5 Å². The van der Waals surface area contributed by atoms with Crippen LogP contribution >= 0.6 is 0 Å². The molecule has 0 unspecified atom stereocenters. The minimum Gasteiger partial charge on any atom is -0.360 e. The second kappa shape index (κ2) is 5.12. The smallest absolute Gasteiger partial charge is 0.342 e. The number of benzene rings is 1. The van der Waals surface area contributed by atoms with Crippen LogP contribution in [0, 0.1) is 10.1 Å². The number of hydrogen-bond donors (Lipinski definition) is 3. The summed E-state index contributed by atoms with van der Waals surface area (Å²) in [6, 6.07) is 5.96. The van der Waals surface area contributed by atoms with Gasteiger partial charge in [-0.3, -0.25) is 19.9 Å². The van der Waals surface area contributed by atoms with Crippen molar-refractivity contribution in [2.24, 2.45) is 0 Å². The number of non-ortho nitro benzene ring substituents is 1. The highest BCUT2D eigenvalue weighted by molar-refractivity contribution is 5.37. The molecule has 2 aromatic rings. The van der Waals surface area contributed by atoms with Gasteiger partial charge < -0.3 is 5.32 Å². The number of nitrogens with zero attached hydrogens (tertiary/aromatic N) is 2. The van der Waals surface area contributed by atoms with Crippen molar-refractivity contribution in [3.63, 3.8) is 0 Å². The van der Waals surface area contributed by atoms with E-state index in [-0.39, 0.29) is 18.1 Å². The quantitative estimate of drug-likeness (QED) is 0.524. The first-order valence-electron chi connectivity index (χ1n) is 5.22. The first kappa shape index (κ1) is 12.5. The van der Waals surface area contributed by atoms with E-state index in [4.69, 9.17) is 0 Å². The van der Waals surface area contributed by atoms with Gasteiger partial charge in [-0.25, -0.2) is 9.89 Å². The minimum absolute atomic E-state index is 0.0392. The van der Waals surface area contributed by atoms with Crippen molar-refractivity contribution in [2.75, 3.05) is 5.32 Å². The third kappa shape index (κ3) is 3.03. The maximum Gasteiger partial charge on any atom is 0.342 e. The molecule has 0 atom stereocenters. The molecule has 0 aliphatic heterocycles. The van der Waals surface area contributed by atoms with Gasteiger partial charge in [-0.1, -0.05) is 12.1 Å². The van der Waals surface area contributed by atoms with Gasteiger partial charge in [-0.15, -0.1) is 5.10 Å². The molecule has 0 saturated heterocycles. The highest BCUT2D eigenvalue weighted by Crippen LogP contribution is 2.13. The molecule has 9 heteroatoms. The standard InChI is InChI=1S/C10H9N5O4/c16-9-8(13-14-10(17)12-9)11-5-6-2-1-3-7(4-6)15(18)19/h1-4H,5H2,(H,11,13)(H2,12,14,16,17). The summed E-state index contributed by atoms with van der Waals surface area (Å²) in [7, 11) is 0. The lowest BCUT2D eigenvalue weighted by atomic mass is 10.2. The summed E-state index contributed by atoms with van der Waals surface area (Å²) >= 11 is 0. The molecule has 19 heavy (non-hydrogen) atoms. The van der Waals surface area contributed by atoms with E-state index in [1.54, 1.807) is 12.1 Å². The third-order valence-electron chi connectivity index (χ3n) is 2.29. The maximum absolute atomic E-state index is 11.3. The Balaban J connectivity index is 2.14. The largest absolute Gasteiger partial charge is 0.360 e. The SMILES string of the molecule is O=c1[nH]nc(NCc2cccc([N+](=O)[O-])c2)c(=O)[nH]1. The predicted molar refractivity (Wildman–Crippen MR) is 65.9 cm³/mol. The number of aromatic amines is 2. The lowest BCUT2D eigenvalue weighted by Gasteiger charge is -2.03. The molecule has 9 nitrogen and oxygen atoms in total. The Kier molecular flexibility index (Phi) is 3.37. The van der Waals surface area contributed by atoms with Gasteiger partial charge >= 0.3 is 5.69 Å². The normalized spacial score (nSPS) is 10.1. The van der Waals surface area contributed by atoms with E-state index in [2.05, 4.69) is 15.5 Å². The Labute approximate surface area is 105 Å². The Morgan fingerprint density at radius 3 is 2.84 bits per heavy atom. The van der Waals surface area contributed by atoms with E-state index >= 15 is 0 Å². The van der Waals surface area contributed by atoms with Crippen molar-refractivity contribution in [1.29, 1.82) is 0 Å². The highest BCUT2D eigenvalue weighted by Gasteiger charge is 2.06. The number of nitrogens with one attached hydrogen (secondary N) is 3. The first-order valence-corrected chi connectivity index (χ1v) is 5.22. The molecule has 3 N–H and O–H groups in total. The summed E-state index contributed by atoms with van der Waals surface area (Å²) in [5.74, 6) is -0.0638. The fraction of sp³-hybridized carbons (Fsp3) is 0.100. The van der Waals surface area contributed by atoms with Crippen molar-refractivity contribution < 1.29 is 4.92 Å². The van der Waals surface area contributed by atoms with Crippen LogP contribution in [-0.2, 0) is 6.54 Å². The van der Waals surface area contributed by atoms with Crippen molar-refractivity contribution in [2.45, 2.75) is 6.54 Å². The number of nitro groups is 1. The number of hydrogen-bond acceptors (Lipinski definition) is 6. The molecule has 0 saturated carbocycles. The molecule has 1 aromatic heterocycles. The fourth-order valence-electron chi connectivity index (χ4n) is 1.43. The topological polar surface area (TPSA) is 134 Å². The molecule has 0 fully saturated rings. The summed E-state index contributed by atoms with van der Waals surface area (Å²) in [5.41, 5.74) is -0.788. The number of anilines is 1. The molecule has 0 aliphatic rings. The van der Waals surface area contributed by atoms with Crippen LogP contribution in [-0.4, -0.2) is 20.1 Å². The number of aromatic nitrogens is 3. The second-order valence-electron chi connectivity index (χ2n) is 3.64. The van der Waals surface area contributed by atoms with Gasteiger partial charge in [-0.05, 0) is 5.56 Å². The molecule has 2 rings (SSSR count). The minimum atomic E-state index is -0.703. The van der Waals surface area contributed by atoms with Crippen LogP contribution in [0.5, 0.6) is 0 Å². The molecule has 98 valence electrons. The molecular weight excluding hydrogens is 254 g/mol. The molecule has 0 amide bonds. The van der Waals surface area contributed by atoms with Crippen LogP contribution in [0.2, 0.25) is 0 Å². The summed E-state index contributed by atoms with van der Waals surface area (Å²) in [5, 5.41) is 18.9. The van der Waals surface area contributed by atoms with Crippen LogP contribution in [0.15, 0.2) is 33.9 Å². The fourth-order valence-corrected chi connectivity index (χ4v) is 1.43. The van der Waals surface area contributed by atoms with E-state index in [1.807, 2.05) is 4.98 Å². The van der Waals surface area contributed by atoms with Gasteiger partial charge in [0.1, 0.15) is 0 Å². The molecule has 1 aromatic carbocycles. The van der Waals surface area contributed by atoms with Gasteiger partial charge in [0, 0.05) is 18.7 Å². The van der Waals surface area contributed by atoms with Gasteiger partial charge in [-0.2, -0.15) is 0 Å². The lowest BCUT2D eigenvalue weighted by molar-refractivity contribution is -0.384. The van der Waals surface area contributed by atoms with E-state index < -0.39 is 16.2 Å². The summed E-state index contributed by atoms with van der Waals surface area (Å²) in [6.45, 7) is 0.170. The Morgan fingerprint density at radius 1 is 1.37 bits per heavy atom. The van der Waals surface area contributed by atoms with Gasteiger partial charge in [0.05, 0.1) is 4.92 Å². The van der Waals surface area contributed by atoms with Gasteiger partial charge in [0.2, 0.25) is 5.82 Å². The monoisotopic (exact) mass is 263 g/mol. The highest BCUT2D eigenvalue weighted by atomic mass is 16.6. The number of rotatable bonds is 4. The molecule has 1 heterocycles. The average molecular weight is 263 g/mol. The zero-order valence-corrected chi connectivity index (χ0v) is 9.54. The summed E-state index contributed by atoms with van der Waals surface area (Å²) in [6.07, 6.45) is 0. The zero-order valence-electron chi connectivity index (χ0n) is 9.54. The molecular formula is C10H9N5O4. The predicted octanol–water partition coefficient (Wildman–Crippen LogP) is -0.0215. The van der Waals surface area contributed by atoms with E-state index in [1.165, 1.54) is 12.1 Å². The van der Waals surface area contributed by atoms with Crippen molar-refractivity contribution in [3.05, 3.63) is 60.8 Å². The lowest BCUT2D eigenvalue weighted by Crippen LogP contribution is -2.26. The van der Waals surface area contributed by atoms with Crippen LogP contribution in [0.1, 0.15) is 5.56 Å². The van der Waals surface area contributed by atoms with E-state index in [0.29, 0.717) is 5.56 Å². The van der Waals surface area contributed by atoms with Crippen LogP contribution < -0.4 is 16.6 Å². The zero-order chi connectivity index (χ0) is 13.8. The molecule has 0 radical (unpaired) electrons. The number of H-pyrrole nitrogens is 2. The number of nitro benzene ring substituents is 1. The Bertz CT molecular complexity index is 720. The molecule has 0 spiro atoms. The van der Waals surface area contributed by atoms with Crippen LogP contribution in [0.25, 0.3) is 0 Å². The van der Waals surface area contributed by atoms with E-state index in [9.17, 15) is 19.7 Å². The molecule has 0 bridgehead atoms. The van der Waals surface area contributed by atoms with Gasteiger partial charge in [0.15, 0.2) is 0 Å². The summed E-state index contributed by atoms with van der Waals surface area (Å²) < 4.78 is 0. The molecule has 0 aliphatic carbocycles.